The van der Waals surface area contributed by atoms with Crippen molar-refractivity contribution in [3.05, 3.63) is 65.4 Å². The Morgan fingerprint density at radius 1 is 0.880 bits per heavy atom. The highest BCUT2D eigenvalue weighted by atomic mass is 16.5. The van der Waals surface area contributed by atoms with Crippen LogP contribution < -0.4 is 9.30 Å². The first-order valence-corrected chi connectivity index (χ1v) is 8.69. The summed E-state index contributed by atoms with van der Waals surface area (Å²) < 4.78 is 8.66. The molecule has 2 heteroatoms. The molecule has 0 saturated heterocycles. The van der Waals surface area contributed by atoms with Crippen LogP contribution in [0.1, 0.15) is 16.7 Å². The fourth-order valence-electron chi connectivity index (χ4n) is 4.20. The van der Waals surface area contributed by atoms with Crippen LogP contribution in [0, 0.1) is 20.8 Å². The van der Waals surface area contributed by atoms with Gasteiger partial charge in [0, 0.05) is 11.6 Å². The summed E-state index contributed by atoms with van der Waals surface area (Å²) in [7, 11) is 2.12. The molecule has 4 aromatic rings. The molecule has 0 fully saturated rings. The molecule has 0 N–H and O–H groups in total. The molecule has 0 unspecified atom stereocenters. The van der Waals surface area contributed by atoms with Crippen LogP contribution in [-0.2, 0) is 7.05 Å². The van der Waals surface area contributed by atoms with Gasteiger partial charge in [0.2, 0.25) is 5.69 Å². The second-order valence-electron chi connectivity index (χ2n) is 7.10. The third-order valence-electron chi connectivity index (χ3n) is 5.50. The van der Waals surface area contributed by atoms with Crippen LogP contribution in [0.3, 0.4) is 0 Å². The average molecular weight is 326 g/mol. The summed E-state index contributed by atoms with van der Waals surface area (Å²) in [5.74, 6) is 1.95. The minimum Gasteiger partial charge on any atom is -0.455 e. The Morgan fingerprint density at radius 3 is 2.56 bits per heavy atom. The lowest BCUT2D eigenvalue weighted by atomic mass is 9.89. The van der Waals surface area contributed by atoms with Gasteiger partial charge in [0.15, 0.2) is 6.20 Å². The molecule has 0 spiro atoms. The maximum absolute atomic E-state index is 6.44. The predicted octanol–water partition coefficient (Wildman–Crippen LogP) is 5.52. The van der Waals surface area contributed by atoms with Crippen LogP contribution >= 0.6 is 0 Å². The molecule has 0 bridgehead atoms. The second kappa shape index (κ2) is 4.82. The quantitative estimate of drug-likeness (QED) is 0.342. The molecule has 3 aromatic carbocycles. The molecule has 1 aliphatic rings. The van der Waals surface area contributed by atoms with Crippen molar-refractivity contribution in [3.8, 4) is 22.8 Å². The molecule has 2 heterocycles. The number of nitrogens with zero attached hydrogens (tertiary/aromatic N) is 1. The number of aryl methyl sites for hydroxylation is 4. The number of ether oxygens (including phenoxy) is 1. The van der Waals surface area contributed by atoms with Gasteiger partial charge in [-0.15, -0.1) is 0 Å². The Balaban J connectivity index is 2.04. The number of fused-ring (bicyclic) bond motifs is 3. The van der Waals surface area contributed by atoms with Crippen molar-refractivity contribution in [3.63, 3.8) is 0 Å². The summed E-state index contributed by atoms with van der Waals surface area (Å²) in [6.07, 6.45) is 2.14. The van der Waals surface area contributed by atoms with Crippen LogP contribution in [-0.4, -0.2) is 0 Å². The standard InChI is InChI=1S/C23H20NO/c1-13-8-9-17-15(3)23-20(14(2)18(17)12-13)22-21-16(10-11-24(22)4)6-5-7-19(21)25-23/h5-12H,1-4H3/q+1. The topological polar surface area (TPSA) is 13.1 Å². The maximum Gasteiger partial charge on any atom is 0.228 e. The van der Waals surface area contributed by atoms with Crippen molar-refractivity contribution in [2.75, 3.05) is 0 Å². The van der Waals surface area contributed by atoms with Gasteiger partial charge >= 0.3 is 0 Å². The van der Waals surface area contributed by atoms with Crippen molar-refractivity contribution in [1.29, 1.82) is 0 Å². The van der Waals surface area contributed by atoms with Crippen molar-refractivity contribution < 1.29 is 9.30 Å². The van der Waals surface area contributed by atoms with Gasteiger partial charge in [-0.05, 0) is 48.6 Å². The first-order chi connectivity index (χ1) is 12.1. The molecular weight excluding hydrogens is 306 g/mol. The fraction of sp³-hybridized carbons (Fsp3) is 0.174. The number of hydrogen-bond donors (Lipinski definition) is 0. The molecule has 25 heavy (non-hydrogen) atoms. The van der Waals surface area contributed by atoms with Crippen molar-refractivity contribution >= 4 is 21.5 Å². The minimum atomic E-state index is 0.949. The fourth-order valence-corrected chi connectivity index (χ4v) is 4.20. The Hall–Kier alpha value is -2.87. The number of hydrogen-bond acceptors (Lipinski definition) is 1. The first-order valence-electron chi connectivity index (χ1n) is 8.69. The molecule has 2 nitrogen and oxygen atoms in total. The van der Waals surface area contributed by atoms with E-state index in [-0.39, 0.29) is 0 Å². The van der Waals surface area contributed by atoms with E-state index in [0.717, 1.165) is 11.5 Å². The summed E-state index contributed by atoms with van der Waals surface area (Å²) in [5.41, 5.74) is 6.26. The predicted molar refractivity (Wildman–Crippen MR) is 102 cm³/mol. The smallest absolute Gasteiger partial charge is 0.228 e. The first kappa shape index (κ1) is 14.5. The van der Waals surface area contributed by atoms with E-state index in [1.54, 1.807) is 0 Å². The Kier molecular flexibility index (Phi) is 2.79. The van der Waals surface area contributed by atoms with Gasteiger partial charge in [-0.25, -0.2) is 4.57 Å². The molecule has 122 valence electrons. The lowest BCUT2D eigenvalue weighted by molar-refractivity contribution is -0.659. The van der Waals surface area contributed by atoms with E-state index in [1.807, 2.05) is 0 Å². The molecular formula is C23H20NO+. The summed E-state index contributed by atoms with van der Waals surface area (Å²) in [6.45, 7) is 6.54. The molecule has 0 radical (unpaired) electrons. The highest BCUT2D eigenvalue weighted by Gasteiger charge is 2.31. The van der Waals surface area contributed by atoms with Crippen molar-refractivity contribution in [2.45, 2.75) is 20.8 Å². The molecule has 5 rings (SSSR count). The lowest BCUT2D eigenvalue weighted by Crippen LogP contribution is -2.31. The average Bonchev–Trinajstić information content (AvgIpc) is 2.62. The molecule has 0 amide bonds. The SMILES string of the molecule is Cc1ccc2c(C)c3c(c(C)c2c1)-c1c2c(cccc2cc[n+]1C)O3. The van der Waals surface area contributed by atoms with Crippen LogP contribution in [0.2, 0.25) is 0 Å². The van der Waals surface area contributed by atoms with Crippen LogP contribution in [0.4, 0.5) is 0 Å². The third-order valence-corrected chi connectivity index (χ3v) is 5.50. The largest absolute Gasteiger partial charge is 0.455 e. The maximum atomic E-state index is 6.44. The van der Waals surface area contributed by atoms with Gasteiger partial charge in [-0.2, -0.15) is 0 Å². The molecule has 1 aliphatic heterocycles. The Morgan fingerprint density at radius 2 is 1.72 bits per heavy atom. The van der Waals surface area contributed by atoms with E-state index in [9.17, 15) is 0 Å². The summed E-state index contributed by atoms with van der Waals surface area (Å²) in [5, 5.41) is 5.01. The minimum absolute atomic E-state index is 0.949. The zero-order chi connectivity index (χ0) is 17.3. The van der Waals surface area contributed by atoms with E-state index in [0.29, 0.717) is 0 Å². The molecule has 1 aromatic heterocycles. The summed E-state index contributed by atoms with van der Waals surface area (Å²) >= 11 is 0. The van der Waals surface area contributed by atoms with E-state index in [1.165, 1.54) is 49.5 Å². The number of aromatic nitrogens is 1. The zero-order valence-corrected chi connectivity index (χ0v) is 15.0. The van der Waals surface area contributed by atoms with E-state index in [2.05, 4.69) is 81.0 Å². The van der Waals surface area contributed by atoms with Gasteiger partial charge in [0.1, 0.15) is 18.5 Å². The van der Waals surface area contributed by atoms with E-state index in [4.69, 9.17) is 4.74 Å². The normalized spacial score (nSPS) is 12.3. The number of rotatable bonds is 0. The molecule has 0 saturated carbocycles. The second-order valence-corrected chi connectivity index (χ2v) is 7.10. The molecule has 0 atom stereocenters. The van der Waals surface area contributed by atoms with Crippen molar-refractivity contribution in [1.82, 2.24) is 0 Å². The van der Waals surface area contributed by atoms with Gasteiger partial charge in [0.05, 0.1) is 10.9 Å². The van der Waals surface area contributed by atoms with E-state index < -0.39 is 0 Å². The Bertz CT molecular complexity index is 1200. The van der Waals surface area contributed by atoms with Crippen molar-refractivity contribution in [2.24, 2.45) is 7.05 Å². The van der Waals surface area contributed by atoms with Gasteiger partial charge < -0.3 is 4.74 Å². The molecule has 0 aliphatic carbocycles. The zero-order valence-electron chi connectivity index (χ0n) is 15.0. The van der Waals surface area contributed by atoms with Crippen LogP contribution in [0.25, 0.3) is 32.8 Å². The summed E-state index contributed by atoms with van der Waals surface area (Å²) in [6, 6.07) is 15.1. The Labute approximate surface area is 147 Å². The third kappa shape index (κ3) is 1.82. The highest BCUT2D eigenvalue weighted by Crippen LogP contribution is 2.50. The monoisotopic (exact) mass is 326 g/mol. The summed E-state index contributed by atoms with van der Waals surface area (Å²) in [4.78, 5) is 0. The van der Waals surface area contributed by atoms with Gasteiger partial charge in [-0.3, -0.25) is 0 Å². The number of pyridine rings is 1. The highest BCUT2D eigenvalue weighted by molar-refractivity contribution is 6.06. The van der Waals surface area contributed by atoms with Gasteiger partial charge in [-0.1, -0.05) is 35.9 Å². The van der Waals surface area contributed by atoms with E-state index >= 15 is 0 Å². The lowest BCUT2D eigenvalue weighted by Gasteiger charge is -2.24. The van der Waals surface area contributed by atoms with Crippen LogP contribution in [0.15, 0.2) is 48.7 Å². The van der Waals surface area contributed by atoms with Crippen LogP contribution in [0.5, 0.6) is 11.5 Å². The van der Waals surface area contributed by atoms with Gasteiger partial charge in [0.25, 0.3) is 0 Å². The number of benzene rings is 3.